The van der Waals surface area contributed by atoms with Gasteiger partial charge in [-0.3, -0.25) is 14.2 Å². The van der Waals surface area contributed by atoms with Gasteiger partial charge >= 0.3 is 0 Å². The van der Waals surface area contributed by atoms with E-state index in [1.807, 2.05) is 30.3 Å². The van der Waals surface area contributed by atoms with Crippen LogP contribution >= 0.6 is 0 Å². The number of nitrogens with zero attached hydrogens (tertiary/aromatic N) is 3. The number of aryl methyl sites for hydroxylation is 1. The van der Waals surface area contributed by atoms with E-state index in [2.05, 4.69) is 15.3 Å². The van der Waals surface area contributed by atoms with E-state index in [-0.39, 0.29) is 12.1 Å². The zero-order chi connectivity index (χ0) is 21.8. The molecule has 0 saturated carbocycles. The molecule has 4 rings (SSSR count). The molecule has 1 amide bonds. The van der Waals surface area contributed by atoms with E-state index in [9.17, 15) is 9.59 Å². The molecule has 0 aliphatic rings. The molecule has 0 bridgehead atoms. The average molecular weight is 416 g/mol. The molecule has 0 aliphatic heterocycles. The first-order valence-electron chi connectivity index (χ1n) is 9.57. The Hall–Kier alpha value is -4.20. The maximum atomic E-state index is 13.0. The van der Waals surface area contributed by atoms with E-state index in [0.717, 1.165) is 5.56 Å². The fourth-order valence-electron chi connectivity index (χ4n) is 3.10. The Bertz CT molecular complexity index is 1260. The van der Waals surface area contributed by atoms with E-state index in [1.54, 1.807) is 31.3 Å². The van der Waals surface area contributed by atoms with Crippen LogP contribution in [-0.2, 0) is 6.54 Å². The lowest BCUT2D eigenvalue weighted by atomic mass is 10.1. The molecule has 0 radical (unpaired) electrons. The number of oxazole rings is 1. The van der Waals surface area contributed by atoms with Gasteiger partial charge in [-0.2, -0.15) is 0 Å². The van der Waals surface area contributed by atoms with Crippen LogP contribution in [0.3, 0.4) is 0 Å². The number of carbonyl (C=O) groups excluding carboxylic acids is 1. The summed E-state index contributed by atoms with van der Waals surface area (Å²) in [6, 6.07) is 14.5. The van der Waals surface area contributed by atoms with Crippen LogP contribution in [0.15, 0.2) is 76.4 Å². The standard InChI is InChI=1S/C23H20N4O4/c1-15-10-11-27(18-8-9-19(30-2)24-13-18)23(29)20(15)21(28)25-12-17-14-31-22(26-17)16-6-4-3-5-7-16/h3-11,13-14H,12H2,1-2H3,(H,25,28). The van der Waals surface area contributed by atoms with Gasteiger partial charge < -0.3 is 14.5 Å². The van der Waals surface area contributed by atoms with Crippen LogP contribution < -0.4 is 15.6 Å². The largest absolute Gasteiger partial charge is 0.481 e. The molecule has 0 unspecified atom stereocenters. The lowest BCUT2D eigenvalue weighted by Crippen LogP contribution is -2.33. The second-order valence-electron chi connectivity index (χ2n) is 6.80. The topological polar surface area (TPSA) is 99.2 Å². The second kappa shape index (κ2) is 8.66. The maximum absolute atomic E-state index is 13.0. The van der Waals surface area contributed by atoms with Crippen molar-refractivity contribution in [1.82, 2.24) is 19.9 Å². The molecule has 0 saturated heterocycles. The summed E-state index contributed by atoms with van der Waals surface area (Å²) in [5, 5.41) is 2.75. The summed E-state index contributed by atoms with van der Waals surface area (Å²) in [6.45, 7) is 1.85. The molecule has 0 atom stereocenters. The minimum atomic E-state index is -0.484. The highest BCUT2D eigenvalue weighted by molar-refractivity contribution is 5.95. The molecule has 31 heavy (non-hydrogen) atoms. The van der Waals surface area contributed by atoms with Crippen molar-refractivity contribution in [3.63, 3.8) is 0 Å². The fraction of sp³-hybridized carbons (Fsp3) is 0.130. The van der Waals surface area contributed by atoms with E-state index in [0.29, 0.717) is 28.7 Å². The number of ether oxygens (including phenoxy) is 1. The number of carbonyl (C=O) groups is 1. The van der Waals surface area contributed by atoms with Crippen LogP contribution in [0.25, 0.3) is 17.1 Å². The number of hydrogen-bond donors (Lipinski definition) is 1. The Morgan fingerprint density at radius 3 is 2.68 bits per heavy atom. The van der Waals surface area contributed by atoms with Crippen molar-refractivity contribution < 1.29 is 13.9 Å². The summed E-state index contributed by atoms with van der Waals surface area (Å²) in [5.41, 5.74) is 2.13. The quantitative estimate of drug-likeness (QED) is 0.518. The summed E-state index contributed by atoms with van der Waals surface area (Å²) in [5.74, 6) is 0.419. The molecule has 3 heterocycles. The number of aromatic nitrogens is 3. The van der Waals surface area contributed by atoms with Gasteiger partial charge in [-0.1, -0.05) is 18.2 Å². The molecule has 0 fully saturated rings. The third kappa shape index (κ3) is 4.23. The van der Waals surface area contributed by atoms with Gasteiger partial charge in [0.25, 0.3) is 11.5 Å². The number of rotatable bonds is 6. The minimum absolute atomic E-state index is 0.0603. The monoisotopic (exact) mass is 416 g/mol. The van der Waals surface area contributed by atoms with Gasteiger partial charge in [0.15, 0.2) is 0 Å². The van der Waals surface area contributed by atoms with Gasteiger partial charge in [-0.05, 0) is 36.8 Å². The Morgan fingerprint density at radius 2 is 1.97 bits per heavy atom. The molecule has 8 heteroatoms. The fourth-order valence-corrected chi connectivity index (χ4v) is 3.10. The SMILES string of the molecule is COc1ccc(-n2ccc(C)c(C(=O)NCc3coc(-c4ccccc4)n3)c2=O)cn1. The summed E-state index contributed by atoms with van der Waals surface area (Å²) in [7, 11) is 1.51. The highest BCUT2D eigenvalue weighted by atomic mass is 16.5. The maximum Gasteiger partial charge on any atom is 0.268 e. The van der Waals surface area contributed by atoms with E-state index >= 15 is 0 Å². The van der Waals surface area contributed by atoms with Gasteiger partial charge in [0.1, 0.15) is 11.8 Å². The Kier molecular flexibility index (Phi) is 5.61. The molecule has 8 nitrogen and oxygen atoms in total. The van der Waals surface area contributed by atoms with Crippen LogP contribution in [0.5, 0.6) is 5.88 Å². The lowest BCUT2D eigenvalue weighted by Gasteiger charge is -2.11. The number of methoxy groups -OCH3 is 1. The van der Waals surface area contributed by atoms with Crippen LogP contribution in [0.4, 0.5) is 0 Å². The number of benzene rings is 1. The van der Waals surface area contributed by atoms with Gasteiger partial charge in [0.05, 0.1) is 31.2 Å². The van der Waals surface area contributed by atoms with Crippen LogP contribution in [0, 0.1) is 6.92 Å². The van der Waals surface area contributed by atoms with Crippen LogP contribution in [0.2, 0.25) is 0 Å². The highest BCUT2D eigenvalue weighted by Crippen LogP contribution is 2.18. The van der Waals surface area contributed by atoms with Crippen molar-refractivity contribution in [3.05, 3.63) is 94.4 Å². The molecule has 1 N–H and O–H groups in total. The summed E-state index contributed by atoms with van der Waals surface area (Å²) >= 11 is 0. The second-order valence-corrected chi connectivity index (χ2v) is 6.80. The van der Waals surface area contributed by atoms with Gasteiger partial charge in [0.2, 0.25) is 11.8 Å². The van der Waals surface area contributed by atoms with Crippen molar-refractivity contribution >= 4 is 5.91 Å². The zero-order valence-corrected chi connectivity index (χ0v) is 17.0. The first-order valence-corrected chi connectivity index (χ1v) is 9.57. The normalized spacial score (nSPS) is 10.6. The van der Waals surface area contributed by atoms with Gasteiger partial charge in [-0.25, -0.2) is 9.97 Å². The first kappa shape index (κ1) is 20.1. The molecule has 1 aromatic carbocycles. The minimum Gasteiger partial charge on any atom is -0.481 e. The predicted molar refractivity (Wildman–Crippen MR) is 114 cm³/mol. The molecule has 0 spiro atoms. The molecule has 156 valence electrons. The summed E-state index contributed by atoms with van der Waals surface area (Å²) in [4.78, 5) is 34.3. The van der Waals surface area contributed by atoms with Crippen molar-refractivity contribution in [2.24, 2.45) is 0 Å². The number of pyridine rings is 2. The predicted octanol–water partition coefficient (Wildman–Crippen LogP) is 3.13. The van der Waals surface area contributed by atoms with Crippen molar-refractivity contribution in [1.29, 1.82) is 0 Å². The molecule has 3 aromatic heterocycles. The van der Waals surface area contributed by atoms with Crippen molar-refractivity contribution in [3.8, 4) is 23.0 Å². The molecular formula is C23H20N4O4. The van der Waals surface area contributed by atoms with Crippen LogP contribution in [-0.4, -0.2) is 27.6 Å². The summed E-state index contributed by atoms with van der Waals surface area (Å²) < 4.78 is 11.9. The third-order valence-corrected chi connectivity index (χ3v) is 4.74. The smallest absolute Gasteiger partial charge is 0.268 e. The number of nitrogens with one attached hydrogen (secondary N) is 1. The Morgan fingerprint density at radius 1 is 1.16 bits per heavy atom. The van der Waals surface area contributed by atoms with Crippen molar-refractivity contribution in [2.45, 2.75) is 13.5 Å². The van der Waals surface area contributed by atoms with Gasteiger partial charge in [-0.15, -0.1) is 0 Å². The number of amides is 1. The Labute approximate surface area is 178 Å². The molecule has 4 aromatic rings. The van der Waals surface area contributed by atoms with E-state index < -0.39 is 11.5 Å². The molecular weight excluding hydrogens is 396 g/mol. The van der Waals surface area contributed by atoms with E-state index in [1.165, 1.54) is 24.1 Å². The molecule has 0 aliphatic carbocycles. The third-order valence-electron chi connectivity index (χ3n) is 4.74. The van der Waals surface area contributed by atoms with Crippen LogP contribution in [0.1, 0.15) is 21.6 Å². The van der Waals surface area contributed by atoms with Gasteiger partial charge in [0, 0.05) is 17.8 Å². The number of hydrogen-bond acceptors (Lipinski definition) is 6. The van der Waals surface area contributed by atoms with E-state index in [4.69, 9.17) is 9.15 Å². The average Bonchev–Trinajstić information content (AvgIpc) is 3.28. The highest BCUT2D eigenvalue weighted by Gasteiger charge is 2.17. The summed E-state index contributed by atoms with van der Waals surface area (Å²) in [6.07, 6.45) is 4.61. The lowest BCUT2D eigenvalue weighted by molar-refractivity contribution is 0.0948. The first-order chi connectivity index (χ1) is 15.1. The Balaban J connectivity index is 1.53. The van der Waals surface area contributed by atoms with Crippen molar-refractivity contribution in [2.75, 3.05) is 7.11 Å². The zero-order valence-electron chi connectivity index (χ0n) is 17.0.